The van der Waals surface area contributed by atoms with Gasteiger partial charge in [0.1, 0.15) is 22.1 Å². The summed E-state index contributed by atoms with van der Waals surface area (Å²) in [7, 11) is -4.18. The zero-order valence-corrected chi connectivity index (χ0v) is 15.1. The van der Waals surface area contributed by atoms with E-state index in [1.807, 2.05) is 0 Å². The Labute approximate surface area is 141 Å². The van der Waals surface area contributed by atoms with Gasteiger partial charge in [0.2, 0.25) is 10.0 Å². The smallest absolute Gasteiger partial charge is 0.407 e. The molecule has 0 unspecified atom stereocenters. The summed E-state index contributed by atoms with van der Waals surface area (Å²) in [5.74, 6) is -2.12. The van der Waals surface area contributed by atoms with Gasteiger partial charge in [0, 0.05) is 19.2 Å². The first-order valence-electron chi connectivity index (χ1n) is 6.53. The van der Waals surface area contributed by atoms with Gasteiger partial charge in [-0.1, -0.05) is 0 Å². The number of rotatable bonds is 5. The molecule has 0 aliphatic rings. The van der Waals surface area contributed by atoms with Crippen LogP contribution in [0.2, 0.25) is 0 Å². The summed E-state index contributed by atoms with van der Waals surface area (Å²) in [6.45, 7) is 4.81. The van der Waals surface area contributed by atoms with Crippen molar-refractivity contribution in [3.8, 4) is 0 Å². The van der Waals surface area contributed by atoms with Crippen LogP contribution in [-0.2, 0) is 14.8 Å². The van der Waals surface area contributed by atoms with Gasteiger partial charge in [-0.15, -0.1) is 0 Å². The van der Waals surface area contributed by atoms with E-state index in [9.17, 15) is 22.0 Å². The first-order valence-corrected chi connectivity index (χ1v) is 8.81. The van der Waals surface area contributed by atoms with Crippen molar-refractivity contribution in [1.82, 2.24) is 10.0 Å². The third-order valence-corrected chi connectivity index (χ3v) is 4.43. The molecule has 0 saturated carbocycles. The summed E-state index contributed by atoms with van der Waals surface area (Å²) >= 11 is 2.79. The van der Waals surface area contributed by atoms with Gasteiger partial charge in [0.25, 0.3) is 0 Å². The van der Waals surface area contributed by atoms with E-state index in [1.54, 1.807) is 20.8 Å². The highest BCUT2D eigenvalue weighted by atomic mass is 79.9. The van der Waals surface area contributed by atoms with Gasteiger partial charge in [0.05, 0.1) is 4.47 Å². The number of sulfonamides is 1. The first-order chi connectivity index (χ1) is 10.4. The Balaban J connectivity index is 2.61. The van der Waals surface area contributed by atoms with Crippen molar-refractivity contribution in [2.24, 2.45) is 0 Å². The highest BCUT2D eigenvalue weighted by Crippen LogP contribution is 2.23. The van der Waals surface area contributed by atoms with E-state index in [0.29, 0.717) is 6.07 Å². The van der Waals surface area contributed by atoms with Crippen LogP contribution in [0.3, 0.4) is 0 Å². The summed E-state index contributed by atoms with van der Waals surface area (Å²) in [6.07, 6.45) is -0.701. The molecule has 0 spiro atoms. The SMILES string of the molecule is CC(C)(C)OC(=O)NCCNS(=O)(=O)c1cc(Br)c(F)cc1F. The van der Waals surface area contributed by atoms with E-state index in [4.69, 9.17) is 4.74 Å². The fourth-order valence-corrected chi connectivity index (χ4v) is 3.06. The van der Waals surface area contributed by atoms with Crippen LogP contribution in [-0.4, -0.2) is 33.2 Å². The predicted octanol–water partition coefficient (Wildman–Crippen LogP) is 2.53. The van der Waals surface area contributed by atoms with Crippen LogP contribution < -0.4 is 10.0 Å². The molecule has 0 aliphatic heterocycles. The summed E-state index contributed by atoms with van der Waals surface area (Å²) < 4.78 is 57.5. The molecule has 1 aromatic rings. The molecular formula is C13H17BrF2N2O4S. The summed E-state index contributed by atoms with van der Waals surface area (Å²) in [5.41, 5.74) is -0.674. The Bertz CT molecular complexity index is 690. The minimum atomic E-state index is -4.18. The third kappa shape index (κ3) is 6.40. The molecule has 0 fully saturated rings. The normalized spacial score (nSPS) is 12.1. The second-order valence-electron chi connectivity index (χ2n) is 5.52. The number of ether oxygens (including phenoxy) is 1. The van der Waals surface area contributed by atoms with Gasteiger partial charge < -0.3 is 10.1 Å². The van der Waals surface area contributed by atoms with Gasteiger partial charge in [0.15, 0.2) is 0 Å². The lowest BCUT2D eigenvalue weighted by atomic mass is 10.2. The minimum absolute atomic E-state index is 0.0574. The van der Waals surface area contributed by atoms with Gasteiger partial charge in [-0.05, 0) is 42.8 Å². The molecule has 23 heavy (non-hydrogen) atoms. The molecule has 0 radical (unpaired) electrons. The monoisotopic (exact) mass is 414 g/mol. The number of carbonyl (C=O) groups excluding carboxylic acids is 1. The molecule has 2 N–H and O–H groups in total. The summed E-state index contributed by atoms with van der Waals surface area (Å²) in [4.78, 5) is 10.7. The molecule has 1 amide bonds. The van der Waals surface area contributed by atoms with Gasteiger partial charge in [-0.25, -0.2) is 26.7 Å². The van der Waals surface area contributed by atoms with Crippen LogP contribution in [0.1, 0.15) is 20.8 Å². The lowest BCUT2D eigenvalue weighted by Gasteiger charge is -2.19. The molecule has 0 heterocycles. The Morgan fingerprint density at radius 3 is 2.39 bits per heavy atom. The molecule has 1 rings (SSSR count). The predicted molar refractivity (Wildman–Crippen MR) is 83.5 cm³/mol. The van der Waals surface area contributed by atoms with Crippen LogP contribution in [0.4, 0.5) is 13.6 Å². The Morgan fingerprint density at radius 1 is 1.22 bits per heavy atom. The molecule has 130 valence electrons. The van der Waals surface area contributed by atoms with E-state index in [2.05, 4.69) is 26.0 Å². The topological polar surface area (TPSA) is 84.5 Å². The minimum Gasteiger partial charge on any atom is -0.444 e. The lowest BCUT2D eigenvalue weighted by molar-refractivity contribution is 0.0529. The van der Waals surface area contributed by atoms with E-state index < -0.39 is 38.2 Å². The number of benzene rings is 1. The molecule has 6 nitrogen and oxygen atoms in total. The van der Waals surface area contributed by atoms with Crippen molar-refractivity contribution < 1.29 is 26.7 Å². The largest absolute Gasteiger partial charge is 0.444 e. The van der Waals surface area contributed by atoms with Crippen molar-refractivity contribution in [2.45, 2.75) is 31.3 Å². The average Bonchev–Trinajstić information content (AvgIpc) is 2.37. The molecule has 0 aromatic heterocycles. The molecule has 0 atom stereocenters. The molecule has 0 bridgehead atoms. The van der Waals surface area contributed by atoms with Crippen molar-refractivity contribution >= 4 is 32.0 Å². The average molecular weight is 415 g/mol. The van der Waals surface area contributed by atoms with E-state index >= 15 is 0 Å². The standard InChI is InChI=1S/C13H17BrF2N2O4S/c1-13(2,3)22-12(19)17-4-5-18-23(20,21)11-6-8(14)9(15)7-10(11)16/h6-7,18H,4-5H2,1-3H3,(H,17,19). The van der Waals surface area contributed by atoms with Crippen LogP contribution >= 0.6 is 15.9 Å². The number of carbonyl (C=O) groups is 1. The molecule has 10 heteroatoms. The maximum absolute atomic E-state index is 13.6. The van der Waals surface area contributed by atoms with Crippen molar-refractivity contribution in [1.29, 1.82) is 0 Å². The lowest BCUT2D eigenvalue weighted by Crippen LogP contribution is -2.38. The van der Waals surface area contributed by atoms with Gasteiger partial charge in [-0.3, -0.25) is 0 Å². The number of nitrogens with one attached hydrogen (secondary N) is 2. The van der Waals surface area contributed by atoms with E-state index in [1.165, 1.54) is 0 Å². The van der Waals surface area contributed by atoms with Crippen LogP contribution in [0.25, 0.3) is 0 Å². The highest BCUT2D eigenvalue weighted by Gasteiger charge is 2.21. The zero-order valence-electron chi connectivity index (χ0n) is 12.7. The highest BCUT2D eigenvalue weighted by molar-refractivity contribution is 9.10. The summed E-state index contributed by atoms with van der Waals surface area (Å²) in [6, 6.07) is 1.30. The van der Waals surface area contributed by atoms with Crippen molar-refractivity contribution in [3.05, 3.63) is 28.2 Å². The number of alkyl carbamates (subject to hydrolysis) is 1. The molecule has 0 aliphatic carbocycles. The Hall–Kier alpha value is -1.26. The molecule has 1 aromatic carbocycles. The van der Waals surface area contributed by atoms with Crippen LogP contribution in [0, 0.1) is 11.6 Å². The quantitative estimate of drug-likeness (QED) is 0.572. The number of halogens is 3. The fourth-order valence-electron chi connectivity index (χ4n) is 1.45. The molecule has 0 saturated heterocycles. The van der Waals surface area contributed by atoms with Crippen molar-refractivity contribution in [2.75, 3.05) is 13.1 Å². The van der Waals surface area contributed by atoms with Crippen LogP contribution in [0.5, 0.6) is 0 Å². The van der Waals surface area contributed by atoms with Crippen molar-refractivity contribution in [3.63, 3.8) is 0 Å². The Morgan fingerprint density at radius 2 is 1.83 bits per heavy atom. The Kier molecular flexibility index (Phi) is 6.49. The maximum Gasteiger partial charge on any atom is 0.407 e. The second-order valence-corrected chi connectivity index (χ2v) is 8.11. The zero-order chi connectivity index (χ0) is 17.8. The van der Waals surface area contributed by atoms with Gasteiger partial charge in [-0.2, -0.15) is 0 Å². The number of hydrogen-bond acceptors (Lipinski definition) is 4. The van der Waals surface area contributed by atoms with Crippen LogP contribution in [0.15, 0.2) is 21.5 Å². The number of amides is 1. The van der Waals surface area contributed by atoms with E-state index in [-0.39, 0.29) is 17.6 Å². The van der Waals surface area contributed by atoms with Gasteiger partial charge >= 0.3 is 6.09 Å². The maximum atomic E-state index is 13.6. The third-order valence-electron chi connectivity index (χ3n) is 2.35. The fraction of sp³-hybridized carbons (Fsp3) is 0.462. The van der Waals surface area contributed by atoms with E-state index in [0.717, 1.165) is 6.07 Å². The molecular weight excluding hydrogens is 398 g/mol. The number of hydrogen-bond donors (Lipinski definition) is 2. The first kappa shape index (κ1) is 19.8. The second kappa shape index (κ2) is 7.54. The summed E-state index contributed by atoms with van der Waals surface area (Å²) in [5, 5.41) is 2.35.